The van der Waals surface area contributed by atoms with Crippen LogP contribution in [0.2, 0.25) is 0 Å². The van der Waals surface area contributed by atoms with E-state index in [9.17, 15) is 5.11 Å². The average molecular weight is 367 g/mol. The van der Waals surface area contributed by atoms with Crippen LogP contribution in [0.5, 0.6) is 11.5 Å². The lowest BCUT2D eigenvalue weighted by atomic mass is 9.96. The van der Waals surface area contributed by atoms with Crippen molar-refractivity contribution in [3.8, 4) is 11.5 Å². The molecule has 2 fully saturated rings. The Kier molecular flexibility index (Phi) is 6.07. The summed E-state index contributed by atoms with van der Waals surface area (Å²) in [5, 5.41) is 9.84. The minimum Gasteiger partial charge on any atom is -0.457 e. The molecule has 144 valence electrons. The molecule has 0 aliphatic carbocycles. The van der Waals surface area contributed by atoms with Crippen LogP contribution in [0, 0.1) is 11.8 Å². The second kappa shape index (κ2) is 8.87. The first-order chi connectivity index (χ1) is 13.3. The number of aliphatic hydroxyl groups excluding tert-OH is 1. The van der Waals surface area contributed by atoms with E-state index in [0.717, 1.165) is 37.7 Å². The van der Waals surface area contributed by atoms with Gasteiger partial charge in [-0.25, -0.2) is 0 Å². The fourth-order valence-electron chi connectivity index (χ4n) is 4.47. The minimum absolute atomic E-state index is 0.298. The Morgan fingerprint density at radius 3 is 2.37 bits per heavy atom. The van der Waals surface area contributed by atoms with E-state index in [-0.39, 0.29) is 0 Å². The number of hydrogen-bond acceptors (Lipinski definition) is 4. The predicted octanol–water partition coefficient (Wildman–Crippen LogP) is 3.62. The van der Waals surface area contributed by atoms with Gasteiger partial charge in [0.1, 0.15) is 11.5 Å². The summed E-state index contributed by atoms with van der Waals surface area (Å²) in [7, 11) is 0. The van der Waals surface area contributed by atoms with Crippen LogP contribution in [-0.2, 0) is 6.54 Å². The van der Waals surface area contributed by atoms with Gasteiger partial charge in [0, 0.05) is 32.8 Å². The number of hydrogen-bond donors (Lipinski definition) is 1. The van der Waals surface area contributed by atoms with E-state index < -0.39 is 0 Å². The number of likely N-dealkylation sites (tertiary alicyclic amines) is 2. The highest BCUT2D eigenvalue weighted by Crippen LogP contribution is 2.28. The van der Waals surface area contributed by atoms with E-state index in [1.54, 1.807) is 0 Å². The van der Waals surface area contributed by atoms with Crippen molar-refractivity contribution >= 4 is 0 Å². The first-order valence-electron chi connectivity index (χ1n) is 10.2. The lowest BCUT2D eigenvalue weighted by Gasteiger charge is -2.23. The highest BCUT2D eigenvalue weighted by Gasteiger charge is 2.33. The molecule has 0 bridgehead atoms. The molecule has 1 N–H and O–H groups in total. The number of rotatable bonds is 7. The highest BCUT2D eigenvalue weighted by molar-refractivity contribution is 5.33. The van der Waals surface area contributed by atoms with Crippen LogP contribution in [0.4, 0.5) is 0 Å². The molecule has 2 aromatic carbocycles. The molecule has 0 unspecified atom stereocenters. The van der Waals surface area contributed by atoms with Crippen molar-refractivity contribution in [2.45, 2.75) is 19.4 Å². The Balaban J connectivity index is 1.36. The third-order valence-electron chi connectivity index (χ3n) is 5.86. The number of para-hydroxylation sites is 1. The summed E-state index contributed by atoms with van der Waals surface area (Å²) in [5.74, 6) is 2.72. The Labute approximate surface area is 162 Å². The van der Waals surface area contributed by atoms with Crippen molar-refractivity contribution in [1.29, 1.82) is 0 Å². The van der Waals surface area contributed by atoms with Gasteiger partial charge in [-0.3, -0.25) is 4.90 Å². The number of aliphatic hydroxyl groups is 1. The van der Waals surface area contributed by atoms with Crippen LogP contribution in [0.25, 0.3) is 0 Å². The zero-order valence-electron chi connectivity index (χ0n) is 16.0. The van der Waals surface area contributed by atoms with E-state index in [0.29, 0.717) is 18.4 Å². The maximum absolute atomic E-state index is 9.84. The van der Waals surface area contributed by atoms with Gasteiger partial charge >= 0.3 is 0 Å². The lowest BCUT2D eigenvalue weighted by molar-refractivity contribution is 0.175. The first-order valence-corrected chi connectivity index (χ1v) is 10.2. The molecule has 2 heterocycles. The van der Waals surface area contributed by atoms with Gasteiger partial charge in [0.25, 0.3) is 0 Å². The topological polar surface area (TPSA) is 35.9 Å². The zero-order chi connectivity index (χ0) is 18.5. The Bertz CT molecular complexity index is 715. The van der Waals surface area contributed by atoms with E-state index in [1.165, 1.54) is 31.5 Å². The van der Waals surface area contributed by atoms with Gasteiger partial charge in [-0.2, -0.15) is 0 Å². The van der Waals surface area contributed by atoms with E-state index in [1.807, 2.05) is 36.4 Å². The zero-order valence-corrected chi connectivity index (χ0v) is 16.0. The smallest absolute Gasteiger partial charge is 0.127 e. The van der Waals surface area contributed by atoms with Gasteiger partial charge < -0.3 is 14.7 Å². The van der Waals surface area contributed by atoms with Crippen LogP contribution in [0.15, 0.2) is 54.6 Å². The minimum atomic E-state index is 0.298. The van der Waals surface area contributed by atoms with Crippen molar-refractivity contribution in [3.63, 3.8) is 0 Å². The molecule has 0 saturated carbocycles. The standard InChI is InChI=1S/C23H30N2O2/c26-18-21-17-25(16-20(21)15-24-11-4-5-12-24)14-19-7-6-10-23(13-19)27-22-8-2-1-3-9-22/h1-3,6-10,13,20-21,26H,4-5,11-12,14-18H2/t20-,21-/m1/s1. The monoisotopic (exact) mass is 366 g/mol. The molecule has 0 radical (unpaired) electrons. The van der Waals surface area contributed by atoms with Crippen LogP contribution in [-0.4, -0.2) is 54.2 Å². The van der Waals surface area contributed by atoms with Crippen molar-refractivity contribution in [2.75, 3.05) is 39.3 Å². The molecule has 4 nitrogen and oxygen atoms in total. The number of benzene rings is 2. The van der Waals surface area contributed by atoms with Gasteiger partial charge in [-0.15, -0.1) is 0 Å². The third kappa shape index (κ3) is 4.89. The van der Waals surface area contributed by atoms with Crippen molar-refractivity contribution in [1.82, 2.24) is 9.80 Å². The Morgan fingerprint density at radius 1 is 0.852 bits per heavy atom. The third-order valence-corrected chi connectivity index (χ3v) is 5.86. The number of nitrogens with zero attached hydrogens (tertiary/aromatic N) is 2. The van der Waals surface area contributed by atoms with E-state index in [2.05, 4.69) is 28.0 Å². The Hall–Kier alpha value is -1.88. The molecule has 4 heteroatoms. The lowest BCUT2D eigenvalue weighted by Crippen LogP contribution is -2.31. The second-order valence-electron chi connectivity index (χ2n) is 7.97. The molecule has 0 spiro atoms. The molecule has 2 aliphatic rings. The molecule has 2 aromatic rings. The first kappa shape index (κ1) is 18.5. The number of ether oxygens (including phenoxy) is 1. The van der Waals surface area contributed by atoms with Gasteiger partial charge in [-0.1, -0.05) is 30.3 Å². The summed E-state index contributed by atoms with van der Waals surface area (Å²) >= 11 is 0. The molecule has 2 saturated heterocycles. The quantitative estimate of drug-likeness (QED) is 0.812. The van der Waals surface area contributed by atoms with Crippen molar-refractivity contribution in [3.05, 3.63) is 60.2 Å². The summed E-state index contributed by atoms with van der Waals surface area (Å²) in [4.78, 5) is 5.06. The van der Waals surface area contributed by atoms with Crippen molar-refractivity contribution < 1.29 is 9.84 Å². The molecule has 2 atom stereocenters. The van der Waals surface area contributed by atoms with Crippen LogP contribution < -0.4 is 4.74 Å². The van der Waals surface area contributed by atoms with Crippen molar-refractivity contribution in [2.24, 2.45) is 11.8 Å². The predicted molar refractivity (Wildman–Crippen MR) is 108 cm³/mol. The molecule has 27 heavy (non-hydrogen) atoms. The van der Waals surface area contributed by atoms with Crippen LogP contribution in [0.1, 0.15) is 18.4 Å². The van der Waals surface area contributed by atoms with Gasteiger partial charge in [0.15, 0.2) is 0 Å². The summed E-state index contributed by atoms with van der Waals surface area (Å²) in [6.07, 6.45) is 2.66. The normalized spacial score (nSPS) is 23.7. The average Bonchev–Trinajstić information content (AvgIpc) is 3.33. The maximum atomic E-state index is 9.84. The van der Waals surface area contributed by atoms with Gasteiger partial charge in [-0.05, 0) is 67.6 Å². The van der Waals surface area contributed by atoms with Crippen LogP contribution >= 0.6 is 0 Å². The van der Waals surface area contributed by atoms with E-state index >= 15 is 0 Å². The summed E-state index contributed by atoms with van der Waals surface area (Å²) in [6, 6.07) is 18.3. The SMILES string of the molecule is OC[C@H]1CN(Cc2cccc(Oc3ccccc3)c2)C[C@H]1CN1CCCC1. The second-order valence-corrected chi connectivity index (χ2v) is 7.97. The maximum Gasteiger partial charge on any atom is 0.127 e. The fraction of sp³-hybridized carbons (Fsp3) is 0.478. The molecule has 0 aromatic heterocycles. The van der Waals surface area contributed by atoms with Crippen LogP contribution in [0.3, 0.4) is 0 Å². The molecular weight excluding hydrogens is 336 g/mol. The molecule has 2 aliphatic heterocycles. The highest BCUT2D eigenvalue weighted by atomic mass is 16.5. The van der Waals surface area contributed by atoms with E-state index in [4.69, 9.17) is 4.74 Å². The molecule has 0 amide bonds. The Morgan fingerprint density at radius 2 is 1.59 bits per heavy atom. The van der Waals surface area contributed by atoms with Gasteiger partial charge in [0.05, 0.1) is 0 Å². The molecule has 4 rings (SSSR count). The van der Waals surface area contributed by atoms with Gasteiger partial charge in [0.2, 0.25) is 0 Å². The molecular formula is C23H30N2O2. The fourth-order valence-corrected chi connectivity index (χ4v) is 4.47. The largest absolute Gasteiger partial charge is 0.457 e. The summed E-state index contributed by atoms with van der Waals surface area (Å²) in [5.41, 5.74) is 1.27. The summed E-state index contributed by atoms with van der Waals surface area (Å²) < 4.78 is 5.97. The summed E-state index contributed by atoms with van der Waals surface area (Å²) in [6.45, 7) is 6.87.